The third kappa shape index (κ3) is 3.88. The summed E-state index contributed by atoms with van der Waals surface area (Å²) in [4.78, 5) is 15.2. The minimum atomic E-state index is 0.0743. The van der Waals surface area contributed by atoms with Gasteiger partial charge in [-0.3, -0.25) is 4.79 Å². The summed E-state index contributed by atoms with van der Waals surface area (Å²) in [6.45, 7) is 5.55. The van der Waals surface area contributed by atoms with Crippen LogP contribution < -0.4 is 0 Å². The molecule has 0 saturated carbocycles. The molecule has 122 valence electrons. The maximum absolute atomic E-state index is 12.2. The standard InChI is InChI=1S/C17H21N3O2S/c1-12(2)16-18-19-17(22-16)13-7-9-20(10-8-13)15(21)6-5-14-4-3-11-23-14/h3-6,11-13H,7-10H2,1-2H3. The lowest BCUT2D eigenvalue weighted by Crippen LogP contribution is -2.36. The molecule has 0 atom stereocenters. The van der Waals surface area contributed by atoms with Crippen molar-refractivity contribution in [3.63, 3.8) is 0 Å². The average molecular weight is 331 g/mol. The smallest absolute Gasteiger partial charge is 0.246 e. The summed E-state index contributed by atoms with van der Waals surface area (Å²) in [6, 6.07) is 3.98. The van der Waals surface area contributed by atoms with Gasteiger partial charge in [-0.25, -0.2) is 0 Å². The maximum atomic E-state index is 12.2. The Kier molecular flexibility index (Phi) is 4.91. The molecule has 1 saturated heterocycles. The topological polar surface area (TPSA) is 59.2 Å². The van der Waals surface area contributed by atoms with E-state index in [1.165, 1.54) is 0 Å². The highest BCUT2D eigenvalue weighted by Gasteiger charge is 2.26. The number of rotatable bonds is 4. The Morgan fingerprint density at radius 3 is 2.78 bits per heavy atom. The van der Waals surface area contributed by atoms with Gasteiger partial charge in [0.1, 0.15) is 0 Å². The van der Waals surface area contributed by atoms with E-state index in [9.17, 15) is 4.79 Å². The number of carbonyl (C=O) groups is 1. The van der Waals surface area contributed by atoms with E-state index in [1.54, 1.807) is 17.4 Å². The lowest BCUT2D eigenvalue weighted by Gasteiger charge is -2.29. The molecule has 0 bridgehead atoms. The highest BCUT2D eigenvalue weighted by Crippen LogP contribution is 2.28. The summed E-state index contributed by atoms with van der Waals surface area (Å²) in [5.74, 6) is 2.00. The number of thiophene rings is 1. The van der Waals surface area contributed by atoms with Gasteiger partial charge in [-0.2, -0.15) is 0 Å². The molecule has 0 aliphatic carbocycles. The highest BCUT2D eigenvalue weighted by molar-refractivity contribution is 7.10. The first kappa shape index (κ1) is 15.9. The monoisotopic (exact) mass is 331 g/mol. The van der Waals surface area contributed by atoms with Gasteiger partial charge in [-0.05, 0) is 30.4 Å². The van der Waals surface area contributed by atoms with Gasteiger partial charge in [0.05, 0.1) is 0 Å². The van der Waals surface area contributed by atoms with E-state index in [1.807, 2.05) is 42.3 Å². The molecule has 1 aliphatic rings. The van der Waals surface area contributed by atoms with Crippen molar-refractivity contribution in [3.8, 4) is 0 Å². The van der Waals surface area contributed by atoms with Crippen molar-refractivity contribution < 1.29 is 9.21 Å². The number of amides is 1. The van der Waals surface area contributed by atoms with Crippen LogP contribution in [0.5, 0.6) is 0 Å². The fourth-order valence-electron chi connectivity index (χ4n) is 2.64. The Labute approximate surface area is 140 Å². The molecule has 1 fully saturated rings. The second kappa shape index (κ2) is 7.08. The summed E-state index contributed by atoms with van der Waals surface area (Å²) in [7, 11) is 0. The van der Waals surface area contributed by atoms with Crippen molar-refractivity contribution in [1.82, 2.24) is 15.1 Å². The van der Waals surface area contributed by atoms with E-state index in [0.29, 0.717) is 5.89 Å². The number of hydrogen-bond acceptors (Lipinski definition) is 5. The lowest BCUT2D eigenvalue weighted by molar-refractivity contribution is -0.127. The molecule has 0 aromatic carbocycles. The fraction of sp³-hybridized carbons (Fsp3) is 0.471. The van der Waals surface area contributed by atoms with Crippen LogP contribution in [0, 0.1) is 0 Å². The molecular formula is C17H21N3O2S. The van der Waals surface area contributed by atoms with E-state index in [4.69, 9.17) is 4.42 Å². The molecule has 0 unspecified atom stereocenters. The van der Waals surface area contributed by atoms with Gasteiger partial charge in [0.2, 0.25) is 17.7 Å². The van der Waals surface area contributed by atoms with Crippen molar-refractivity contribution in [2.45, 2.75) is 38.5 Å². The number of aromatic nitrogens is 2. The van der Waals surface area contributed by atoms with Gasteiger partial charge in [-0.15, -0.1) is 21.5 Å². The molecule has 5 nitrogen and oxygen atoms in total. The predicted octanol–water partition coefficient (Wildman–Crippen LogP) is 3.67. The summed E-state index contributed by atoms with van der Waals surface area (Å²) in [6.07, 6.45) is 5.29. The van der Waals surface area contributed by atoms with E-state index in [2.05, 4.69) is 10.2 Å². The zero-order valence-electron chi connectivity index (χ0n) is 13.4. The Morgan fingerprint density at radius 1 is 1.39 bits per heavy atom. The molecule has 0 N–H and O–H groups in total. The summed E-state index contributed by atoms with van der Waals surface area (Å²) in [5.41, 5.74) is 0. The van der Waals surface area contributed by atoms with Gasteiger partial charge < -0.3 is 9.32 Å². The van der Waals surface area contributed by atoms with Crippen LogP contribution in [0.4, 0.5) is 0 Å². The van der Waals surface area contributed by atoms with E-state index in [0.717, 1.165) is 36.7 Å². The van der Waals surface area contributed by atoms with E-state index < -0.39 is 0 Å². The second-order valence-electron chi connectivity index (χ2n) is 6.08. The first-order chi connectivity index (χ1) is 11.1. The first-order valence-corrected chi connectivity index (χ1v) is 8.85. The molecule has 3 heterocycles. The molecule has 0 spiro atoms. The molecule has 2 aromatic rings. The van der Waals surface area contributed by atoms with Crippen LogP contribution in [0.2, 0.25) is 0 Å². The van der Waals surface area contributed by atoms with Crippen molar-refractivity contribution in [2.75, 3.05) is 13.1 Å². The molecule has 1 aliphatic heterocycles. The summed E-state index contributed by atoms with van der Waals surface area (Å²) < 4.78 is 5.74. The number of hydrogen-bond donors (Lipinski definition) is 0. The normalized spacial score (nSPS) is 16.6. The number of likely N-dealkylation sites (tertiary alicyclic amines) is 1. The van der Waals surface area contributed by atoms with E-state index >= 15 is 0 Å². The van der Waals surface area contributed by atoms with Crippen molar-refractivity contribution in [3.05, 3.63) is 40.2 Å². The number of nitrogens with zero attached hydrogens (tertiary/aromatic N) is 3. The van der Waals surface area contributed by atoms with Crippen LogP contribution in [0.25, 0.3) is 6.08 Å². The highest BCUT2D eigenvalue weighted by atomic mass is 32.1. The van der Waals surface area contributed by atoms with Crippen molar-refractivity contribution in [2.24, 2.45) is 0 Å². The van der Waals surface area contributed by atoms with Gasteiger partial charge in [0.25, 0.3) is 0 Å². The van der Waals surface area contributed by atoms with Gasteiger partial charge in [0.15, 0.2) is 0 Å². The minimum Gasteiger partial charge on any atom is -0.425 e. The molecule has 0 radical (unpaired) electrons. The third-order valence-corrected chi connectivity index (χ3v) is 4.88. The van der Waals surface area contributed by atoms with Crippen LogP contribution in [0.1, 0.15) is 55.2 Å². The van der Waals surface area contributed by atoms with Crippen LogP contribution in [0.3, 0.4) is 0 Å². The molecule has 1 amide bonds. The Bertz CT molecular complexity index is 668. The molecule has 23 heavy (non-hydrogen) atoms. The number of carbonyl (C=O) groups excluding carboxylic acids is 1. The predicted molar refractivity (Wildman–Crippen MR) is 90.3 cm³/mol. The van der Waals surface area contributed by atoms with Crippen LogP contribution in [0.15, 0.2) is 28.0 Å². The Hall–Kier alpha value is -1.95. The summed E-state index contributed by atoms with van der Waals surface area (Å²) >= 11 is 1.63. The molecule has 3 rings (SSSR count). The zero-order valence-corrected chi connectivity index (χ0v) is 14.3. The Morgan fingerprint density at radius 2 is 2.17 bits per heavy atom. The largest absolute Gasteiger partial charge is 0.425 e. The second-order valence-corrected chi connectivity index (χ2v) is 7.06. The van der Waals surface area contributed by atoms with Crippen LogP contribution >= 0.6 is 11.3 Å². The average Bonchev–Trinajstić information content (AvgIpc) is 3.24. The molecular weight excluding hydrogens is 310 g/mol. The SMILES string of the molecule is CC(C)c1nnc(C2CCN(C(=O)C=Cc3cccs3)CC2)o1. The fourth-order valence-corrected chi connectivity index (χ4v) is 3.25. The number of piperidine rings is 1. The maximum Gasteiger partial charge on any atom is 0.246 e. The van der Waals surface area contributed by atoms with Crippen molar-refractivity contribution in [1.29, 1.82) is 0 Å². The third-order valence-electron chi connectivity index (χ3n) is 4.04. The molecule has 2 aromatic heterocycles. The molecule has 6 heteroatoms. The van der Waals surface area contributed by atoms with Crippen molar-refractivity contribution >= 4 is 23.3 Å². The van der Waals surface area contributed by atoms with Gasteiger partial charge in [-0.1, -0.05) is 19.9 Å². The minimum absolute atomic E-state index is 0.0743. The van der Waals surface area contributed by atoms with Crippen LogP contribution in [-0.2, 0) is 4.79 Å². The summed E-state index contributed by atoms with van der Waals surface area (Å²) in [5, 5.41) is 10.3. The van der Waals surface area contributed by atoms with Gasteiger partial charge in [0, 0.05) is 35.9 Å². The quantitative estimate of drug-likeness (QED) is 0.802. The van der Waals surface area contributed by atoms with Crippen LogP contribution in [-0.4, -0.2) is 34.1 Å². The first-order valence-electron chi connectivity index (χ1n) is 7.97. The lowest BCUT2D eigenvalue weighted by atomic mass is 9.97. The zero-order chi connectivity index (χ0) is 16.2. The Balaban J connectivity index is 1.54. The van der Waals surface area contributed by atoms with E-state index in [-0.39, 0.29) is 17.7 Å². The van der Waals surface area contributed by atoms with Gasteiger partial charge >= 0.3 is 0 Å².